The number of ether oxygens (including phenoxy) is 3. The first-order valence-corrected chi connectivity index (χ1v) is 8.00. The van der Waals surface area contributed by atoms with Gasteiger partial charge in [0.2, 0.25) is 5.76 Å². The molecule has 0 radical (unpaired) electrons. The third kappa shape index (κ3) is 4.27. The van der Waals surface area contributed by atoms with E-state index in [2.05, 4.69) is 0 Å². The number of carbonyl (C=O) groups excluding carboxylic acids is 1. The van der Waals surface area contributed by atoms with E-state index in [-0.39, 0.29) is 18.7 Å². The maximum absolute atomic E-state index is 12.1. The van der Waals surface area contributed by atoms with Crippen LogP contribution < -0.4 is 0 Å². The molecule has 0 saturated carbocycles. The molecule has 1 heterocycles. The molecule has 0 aliphatic rings. The Hall–Kier alpha value is -1.60. The molecule has 0 amide bonds. The molecule has 0 bridgehead atoms. The molecule has 1 aromatic carbocycles. The second kappa shape index (κ2) is 8.48. The number of hydrogen-bond acceptors (Lipinski definition) is 6. The highest BCUT2D eigenvalue weighted by molar-refractivity contribution is 6.31. The van der Waals surface area contributed by atoms with Crippen molar-refractivity contribution in [2.75, 3.05) is 34.4 Å². The molecule has 2 aromatic rings. The number of methoxy groups -OCH3 is 2. The van der Waals surface area contributed by atoms with Crippen molar-refractivity contribution in [1.82, 2.24) is 4.90 Å². The van der Waals surface area contributed by atoms with Gasteiger partial charge >= 0.3 is 5.97 Å². The predicted octanol–water partition coefficient (Wildman–Crippen LogP) is 3.31. The Kier molecular flexibility index (Phi) is 6.62. The highest BCUT2D eigenvalue weighted by Crippen LogP contribution is 2.30. The van der Waals surface area contributed by atoms with Crippen LogP contribution in [0.2, 0.25) is 5.02 Å². The van der Waals surface area contributed by atoms with E-state index in [9.17, 15) is 4.79 Å². The second-order valence-electron chi connectivity index (χ2n) is 5.36. The van der Waals surface area contributed by atoms with Crippen LogP contribution in [0.3, 0.4) is 0 Å². The highest BCUT2D eigenvalue weighted by atomic mass is 35.5. The Morgan fingerprint density at radius 2 is 2.00 bits per heavy atom. The summed E-state index contributed by atoms with van der Waals surface area (Å²) in [6.45, 7) is 3.06. The normalized spacial score (nSPS) is 11.6. The lowest BCUT2D eigenvalue weighted by atomic mass is 10.1. The summed E-state index contributed by atoms with van der Waals surface area (Å²) in [4.78, 5) is 14.1. The largest absolute Gasteiger partial charge is 0.460 e. The van der Waals surface area contributed by atoms with Gasteiger partial charge in [-0.2, -0.15) is 0 Å². The molecule has 0 fully saturated rings. The number of furan rings is 1. The minimum atomic E-state index is -0.481. The van der Waals surface area contributed by atoms with Crippen molar-refractivity contribution < 1.29 is 23.4 Å². The number of nitrogens with zero attached hydrogens (tertiary/aromatic N) is 1. The zero-order chi connectivity index (χ0) is 17.7. The maximum atomic E-state index is 12.1. The van der Waals surface area contributed by atoms with Gasteiger partial charge in [-0.05, 0) is 32.2 Å². The topological polar surface area (TPSA) is 61.1 Å². The number of carbonyl (C=O) groups is 1. The predicted molar refractivity (Wildman–Crippen MR) is 91.3 cm³/mol. The standard InChI is InChI=1S/C17H22ClNO5/c1-5-23-17(20)16-12-7-6-11(18)8-13(12)14(24-16)9-19(2)10-15(21-3)22-4/h6-8,15H,5,9-10H2,1-4H3. The smallest absolute Gasteiger partial charge is 0.374 e. The fraction of sp³-hybridized carbons (Fsp3) is 0.471. The van der Waals surface area contributed by atoms with Crippen LogP contribution in [0.4, 0.5) is 0 Å². The van der Waals surface area contributed by atoms with E-state index in [0.717, 1.165) is 5.39 Å². The van der Waals surface area contributed by atoms with Gasteiger partial charge in [0.1, 0.15) is 5.76 Å². The minimum absolute atomic E-state index is 0.196. The maximum Gasteiger partial charge on any atom is 0.374 e. The van der Waals surface area contributed by atoms with Gasteiger partial charge in [-0.15, -0.1) is 0 Å². The molecule has 0 aliphatic heterocycles. The Morgan fingerprint density at radius 1 is 1.29 bits per heavy atom. The summed E-state index contributed by atoms with van der Waals surface area (Å²) in [5, 5.41) is 2.06. The number of halogens is 1. The molecule has 6 nitrogen and oxygen atoms in total. The first kappa shape index (κ1) is 18.7. The third-order valence-corrected chi connectivity index (χ3v) is 3.85. The summed E-state index contributed by atoms with van der Waals surface area (Å²) < 4.78 is 21.3. The molecular weight excluding hydrogens is 334 g/mol. The first-order chi connectivity index (χ1) is 11.5. The van der Waals surface area contributed by atoms with E-state index in [1.54, 1.807) is 39.3 Å². The number of hydrogen-bond donors (Lipinski definition) is 0. The average molecular weight is 356 g/mol. The number of fused-ring (bicyclic) bond motifs is 1. The molecule has 0 spiro atoms. The lowest BCUT2D eigenvalue weighted by molar-refractivity contribution is -0.114. The van der Waals surface area contributed by atoms with Crippen LogP contribution in [-0.2, 0) is 20.8 Å². The zero-order valence-corrected chi connectivity index (χ0v) is 15.1. The van der Waals surface area contributed by atoms with E-state index in [1.807, 2.05) is 11.9 Å². The highest BCUT2D eigenvalue weighted by Gasteiger charge is 2.22. The van der Waals surface area contributed by atoms with Gasteiger partial charge in [0.25, 0.3) is 0 Å². The molecule has 2 rings (SSSR count). The fourth-order valence-corrected chi connectivity index (χ4v) is 2.63. The molecule has 0 saturated heterocycles. The van der Waals surface area contributed by atoms with Crippen molar-refractivity contribution >= 4 is 28.3 Å². The molecule has 7 heteroatoms. The van der Waals surface area contributed by atoms with E-state index < -0.39 is 5.97 Å². The molecule has 0 N–H and O–H groups in total. The number of benzene rings is 1. The van der Waals surface area contributed by atoms with E-state index in [1.165, 1.54) is 0 Å². The molecule has 0 aliphatic carbocycles. The van der Waals surface area contributed by atoms with Crippen molar-refractivity contribution in [1.29, 1.82) is 0 Å². The summed E-state index contributed by atoms with van der Waals surface area (Å²) in [6, 6.07) is 5.28. The molecular formula is C17H22ClNO5. The molecule has 132 valence electrons. The Morgan fingerprint density at radius 3 is 2.62 bits per heavy atom. The minimum Gasteiger partial charge on any atom is -0.460 e. The van der Waals surface area contributed by atoms with Gasteiger partial charge in [-0.1, -0.05) is 11.6 Å². The molecule has 0 atom stereocenters. The number of esters is 1. The van der Waals surface area contributed by atoms with Gasteiger partial charge in [0, 0.05) is 36.6 Å². The Labute approximate surface area is 146 Å². The Balaban J connectivity index is 2.32. The van der Waals surface area contributed by atoms with Crippen LogP contribution in [0.5, 0.6) is 0 Å². The number of rotatable bonds is 8. The second-order valence-corrected chi connectivity index (χ2v) is 5.80. The van der Waals surface area contributed by atoms with Gasteiger partial charge in [-0.3, -0.25) is 4.90 Å². The van der Waals surface area contributed by atoms with Crippen LogP contribution in [0, 0.1) is 0 Å². The van der Waals surface area contributed by atoms with Gasteiger partial charge in [-0.25, -0.2) is 4.79 Å². The van der Waals surface area contributed by atoms with Crippen LogP contribution in [0.25, 0.3) is 10.8 Å². The van der Waals surface area contributed by atoms with Crippen LogP contribution in [-0.4, -0.2) is 51.6 Å². The van der Waals surface area contributed by atoms with Gasteiger partial charge < -0.3 is 18.6 Å². The summed E-state index contributed by atoms with van der Waals surface area (Å²) in [5.74, 6) is 0.358. The van der Waals surface area contributed by atoms with E-state index in [0.29, 0.717) is 29.3 Å². The zero-order valence-electron chi connectivity index (χ0n) is 14.3. The van der Waals surface area contributed by atoms with Crippen LogP contribution in [0.1, 0.15) is 23.2 Å². The fourth-order valence-electron chi connectivity index (χ4n) is 2.45. The van der Waals surface area contributed by atoms with E-state index >= 15 is 0 Å². The lowest BCUT2D eigenvalue weighted by Crippen LogP contribution is -2.31. The summed E-state index contributed by atoms with van der Waals surface area (Å²) in [6.07, 6.45) is -0.343. The van der Waals surface area contributed by atoms with Gasteiger partial charge in [0.15, 0.2) is 6.29 Å². The summed E-state index contributed by atoms with van der Waals surface area (Å²) in [5.41, 5.74) is 0. The third-order valence-electron chi connectivity index (χ3n) is 3.61. The summed E-state index contributed by atoms with van der Waals surface area (Å²) >= 11 is 6.09. The van der Waals surface area contributed by atoms with Crippen molar-refractivity contribution in [2.45, 2.75) is 19.8 Å². The quantitative estimate of drug-likeness (QED) is 0.534. The van der Waals surface area contributed by atoms with Crippen molar-refractivity contribution in [3.63, 3.8) is 0 Å². The monoisotopic (exact) mass is 355 g/mol. The average Bonchev–Trinajstić information content (AvgIpc) is 2.90. The Bertz CT molecular complexity index is 696. The lowest BCUT2D eigenvalue weighted by Gasteiger charge is -2.21. The molecule has 0 unspecified atom stereocenters. The molecule has 1 aromatic heterocycles. The SMILES string of the molecule is CCOC(=O)c1oc(CN(C)CC(OC)OC)c2cc(Cl)ccc12. The van der Waals surface area contributed by atoms with Crippen molar-refractivity contribution in [2.24, 2.45) is 0 Å². The van der Waals surface area contributed by atoms with Gasteiger partial charge in [0.05, 0.1) is 13.2 Å². The van der Waals surface area contributed by atoms with Crippen molar-refractivity contribution in [3.05, 3.63) is 34.7 Å². The van der Waals surface area contributed by atoms with E-state index in [4.69, 9.17) is 30.2 Å². The van der Waals surface area contributed by atoms with Crippen molar-refractivity contribution in [3.8, 4) is 0 Å². The number of likely N-dealkylation sites (N-methyl/N-ethyl adjacent to an activating group) is 1. The van der Waals surface area contributed by atoms with Crippen LogP contribution >= 0.6 is 11.6 Å². The summed E-state index contributed by atoms with van der Waals surface area (Å²) in [7, 11) is 5.08. The molecule has 24 heavy (non-hydrogen) atoms. The first-order valence-electron chi connectivity index (χ1n) is 7.62. The van der Waals surface area contributed by atoms with Crippen LogP contribution in [0.15, 0.2) is 22.6 Å².